The zero-order chi connectivity index (χ0) is 30.0. The Bertz CT molecular complexity index is 950. The van der Waals surface area contributed by atoms with Crippen molar-refractivity contribution in [2.45, 2.75) is 99.0 Å². The molecule has 3 heterocycles. The van der Waals surface area contributed by atoms with Gasteiger partial charge in [-0.25, -0.2) is 0 Å². The number of aliphatic hydroxyl groups is 9. The van der Waals surface area contributed by atoms with Crippen molar-refractivity contribution in [2.24, 2.45) is 0 Å². The molecule has 15 atom stereocenters. The van der Waals surface area contributed by atoms with Gasteiger partial charge in [0.25, 0.3) is 0 Å². The van der Waals surface area contributed by atoms with E-state index in [9.17, 15) is 46.0 Å². The highest BCUT2D eigenvalue weighted by atomic mass is 16.7. The van der Waals surface area contributed by atoms with Gasteiger partial charge in [0.15, 0.2) is 12.6 Å². The molecule has 234 valence electrons. The molecule has 0 aromatic heterocycles. The molecule has 16 nitrogen and oxygen atoms in total. The van der Waals surface area contributed by atoms with Gasteiger partial charge in [0.2, 0.25) is 6.29 Å². The number of benzene rings is 1. The molecule has 0 aliphatic carbocycles. The lowest BCUT2D eigenvalue weighted by Crippen LogP contribution is -2.65. The van der Waals surface area contributed by atoms with Crippen molar-refractivity contribution in [1.29, 1.82) is 0 Å². The third kappa shape index (κ3) is 6.92. The molecule has 0 unspecified atom stereocenters. The van der Waals surface area contributed by atoms with E-state index in [2.05, 4.69) is 0 Å². The lowest BCUT2D eigenvalue weighted by Gasteiger charge is -2.46. The molecule has 0 saturated carbocycles. The van der Waals surface area contributed by atoms with E-state index in [0.717, 1.165) is 0 Å². The standard InChI is InChI=1S/C25H38O16/c1-9-14(27)17(30)20(33)24(37-9)41-22-16(29)13(8-36-23-19(32)18(31)15(28)12(7-26)39-23)40-25(21(22)34)38-11-5-3-10(35-2)4-6-11/h3-6,9,12-34H,7-8H2,1-2H3/t9-,12-,13-,14-,15-,16-,17+,18+,19-,20+,21-,22+,23-,24-,25-/m1/s1. The summed E-state index contributed by atoms with van der Waals surface area (Å²) < 4.78 is 38.6. The second-order valence-corrected chi connectivity index (χ2v) is 10.1. The van der Waals surface area contributed by atoms with Crippen LogP contribution in [-0.2, 0) is 23.7 Å². The molecule has 0 amide bonds. The average Bonchev–Trinajstić information content (AvgIpc) is 2.97. The molecule has 0 bridgehead atoms. The second-order valence-electron chi connectivity index (χ2n) is 10.1. The summed E-state index contributed by atoms with van der Waals surface area (Å²) in [6, 6.07) is 6.24. The lowest BCUT2D eigenvalue weighted by atomic mass is 9.97. The van der Waals surface area contributed by atoms with Crippen molar-refractivity contribution in [1.82, 2.24) is 0 Å². The van der Waals surface area contributed by atoms with Gasteiger partial charge >= 0.3 is 0 Å². The fourth-order valence-electron chi connectivity index (χ4n) is 4.76. The van der Waals surface area contributed by atoms with Gasteiger partial charge < -0.3 is 79.1 Å². The molecular formula is C25H38O16. The Morgan fingerprint density at radius 2 is 1.22 bits per heavy atom. The maximum absolute atomic E-state index is 11.1. The predicted octanol–water partition coefficient (Wildman–Crippen LogP) is -4.45. The highest BCUT2D eigenvalue weighted by molar-refractivity contribution is 5.31. The van der Waals surface area contributed by atoms with Crippen molar-refractivity contribution in [3.63, 3.8) is 0 Å². The lowest BCUT2D eigenvalue weighted by molar-refractivity contribution is -0.356. The van der Waals surface area contributed by atoms with E-state index in [0.29, 0.717) is 5.75 Å². The first kappa shape index (κ1) is 32.2. The molecule has 4 rings (SSSR count). The first-order chi connectivity index (χ1) is 19.5. The minimum absolute atomic E-state index is 0.236. The van der Waals surface area contributed by atoms with Gasteiger partial charge in [0.05, 0.1) is 26.4 Å². The smallest absolute Gasteiger partial charge is 0.229 e. The first-order valence-corrected chi connectivity index (χ1v) is 13.1. The summed E-state index contributed by atoms with van der Waals surface area (Å²) >= 11 is 0. The summed E-state index contributed by atoms with van der Waals surface area (Å²) in [6.45, 7) is 0.209. The minimum Gasteiger partial charge on any atom is -0.497 e. The molecule has 3 fully saturated rings. The Hall–Kier alpha value is -1.74. The Morgan fingerprint density at radius 1 is 0.634 bits per heavy atom. The summed E-state index contributed by atoms with van der Waals surface area (Å²) in [7, 11) is 1.48. The summed E-state index contributed by atoms with van der Waals surface area (Å²) in [5.41, 5.74) is 0. The average molecular weight is 595 g/mol. The molecule has 0 spiro atoms. The van der Waals surface area contributed by atoms with Crippen LogP contribution in [0.25, 0.3) is 0 Å². The van der Waals surface area contributed by atoms with Gasteiger partial charge in [-0.1, -0.05) is 0 Å². The molecule has 3 aliphatic rings. The van der Waals surface area contributed by atoms with Crippen molar-refractivity contribution < 1.29 is 79.1 Å². The third-order valence-corrected chi connectivity index (χ3v) is 7.33. The van der Waals surface area contributed by atoms with E-state index < -0.39 is 105 Å². The second kappa shape index (κ2) is 13.7. The van der Waals surface area contributed by atoms with Crippen molar-refractivity contribution in [3.8, 4) is 11.5 Å². The minimum atomic E-state index is -1.74. The Kier molecular flexibility index (Phi) is 10.8. The van der Waals surface area contributed by atoms with E-state index in [-0.39, 0.29) is 5.75 Å². The van der Waals surface area contributed by atoms with Crippen LogP contribution in [0.2, 0.25) is 0 Å². The van der Waals surface area contributed by atoms with E-state index >= 15 is 0 Å². The zero-order valence-corrected chi connectivity index (χ0v) is 22.3. The quantitative estimate of drug-likeness (QED) is 0.131. The van der Waals surface area contributed by atoms with Gasteiger partial charge in [-0.2, -0.15) is 0 Å². The highest BCUT2D eigenvalue weighted by Crippen LogP contribution is 2.32. The fraction of sp³-hybridized carbons (Fsp3) is 0.760. The SMILES string of the molecule is COc1ccc(O[C@@H]2O[C@H](CO[C@@H]3O[C@H](CO)[C@@H](O)[C@H](O)[C@H]3O)[C@@H](O)[C@H](O[C@H]3O[C@H](C)[C@@H](O)[C@H](O)[C@@H]3O)[C@H]2O)cc1. The van der Waals surface area contributed by atoms with E-state index in [1.807, 2.05) is 0 Å². The molecule has 3 aliphatic heterocycles. The van der Waals surface area contributed by atoms with Crippen LogP contribution in [0, 0.1) is 0 Å². The van der Waals surface area contributed by atoms with Crippen molar-refractivity contribution in [3.05, 3.63) is 24.3 Å². The van der Waals surface area contributed by atoms with Crippen LogP contribution in [0.3, 0.4) is 0 Å². The molecule has 9 N–H and O–H groups in total. The topological polar surface area (TPSA) is 247 Å². The van der Waals surface area contributed by atoms with Crippen LogP contribution in [0.15, 0.2) is 24.3 Å². The number of hydrogen-bond acceptors (Lipinski definition) is 16. The van der Waals surface area contributed by atoms with Crippen LogP contribution in [-0.4, -0.2) is 158 Å². The molecule has 41 heavy (non-hydrogen) atoms. The number of ether oxygens (including phenoxy) is 7. The number of methoxy groups -OCH3 is 1. The zero-order valence-electron chi connectivity index (χ0n) is 22.3. The normalized spacial score (nSPS) is 45.3. The van der Waals surface area contributed by atoms with E-state index in [1.165, 1.54) is 26.2 Å². The Labute approximate surface area is 234 Å². The molecular weight excluding hydrogens is 556 g/mol. The monoisotopic (exact) mass is 594 g/mol. The Morgan fingerprint density at radius 3 is 1.85 bits per heavy atom. The van der Waals surface area contributed by atoms with Crippen molar-refractivity contribution in [2.75, 3.05) is 20.3 Å². The van der Waals surface area contributed by atoms with Crippen LogP contribution in [0.1, 0.15) is 6.92 Å². The van der Waals surface area contributed by atoms with E-state index in [4.69, 9.17) is 33.2 Å². The van der Waals surface area contributed by atoms with Crippen molar-refractivity contribution >= 4 is 0 Å². The maximum Gasteiger partial charge on any atom is 0.229 e. The fourth-order valence-corrected chi connectivity index (χ4v) is 4.76. The predicted molar refractivity (Wildman–Crippen MR) is 131 cm³/mol. The largest absolute Gasteiger partial charge is 0.497 e. The number of aliphatic hydroxyl groups excluding tert-OH is 9. The Balaban J connectivity index is 1.52. The van der Waals surface area contributed by atoms with Crippen LogP contribution >= 0.6 is 0 Å². The van der Waals surface area contributed by atoms with Gasteiger partial charge in [-0.15, -0.1) is 0 Å². The first-order valence-electron chi connectivity index (χ1n) is 13.1. The summed E-state index contributed by atoms with van der Waals surface area (Å²) in [6.07, 6.45) is -22.9. The third-order valence-electron chi connectivity index (χ3n) is 7.33. The number of rotatable bonds is 9. The molecule has 3 saturated heterocycles. The van der Waals surface area contributed by atoms with Gasteiger partial charge in [0.1, 0.15) is 78.6 Å². The summed E-state index contributed by atoms with van der Waals surface area (Å²) in [5.74, 6) is 0.767. The molecule has 1 aromatic carbocycles. The van der Waals surface area contributed by atoms with Crippen LogP contribution < -0.4 is 9.47 Å². The molecule has 16 heteroatoms. The van der Waals surface area contributed by atoms with Crippen LogP contribution in [0.5, 0.6) is 11.5 Å². The van der Waals surface area contributed by atoms with Gasteiger partial charge in [-0.05, 0) is 31.2 Å². The summed E-state index contributed by atoms with van der Waals surface area (Å²) in [5, 5.41) is 92.4. The van der Waals surface area contributed by atoms with E-state index in [1.54, 1.807) is 12.1 Å². The molecule has 1 aromatic rings. The van der Waals surface area contributed by atoms with Crippen LogP contribution in [0.4, 0.5) is 0 Å². The van der Waals surface area contributed by atoms with Gasteiger partial charge in [-0.3, -0.25) is 0 Å². The maximum atomic E-state index is 11.1. The number of hydrogen-bond donors (Lipinski definition) is 9. The summed E-state index contributed by atoms with van der Waals surface area (Å²) in [4.78, 5) is 0. The highest BCUT2D eigenvalue weighted by Gasteiger charge is 2.52. The molecule has 0 radical (unpaired) electrons. The van der Waals surface area contributed by atoms with Gasteiger partial charge in [0, 0.05) is 0 Å².